The molecular formula is C24H18N2O3. The zero-order valence-electron chi connectivity index (χ0n) is 16.0. The maximum atomic E-state index is 12.7. The van der Waals surface area contributed by atoms with Crippen LogP contribution in [0, 0.1) is 13.8 Å². The van der Waals surface area contributed by atoms with Crippen molar-refractivity contribution in [2.75, 3.05) is 5.32 Å². The summed E-state index contributed by atoms with van der Waals surface area (Å²) in [4.78, 5) is 17.3. The quantitative estimate of drug-likeness (QED) is 0.409. The Labute approximate surface area is 167 Å². The fourth-order valence-electron chi connectivity index (χ4n) is 3.32. The normalized spacial score (nSPS) is 11.2. The van der Waals surface area contributed by atoms with Gasteiger partial charge >= 0.3 is 0 Å². The predicted molar refractivity (Wildman–Crippen MR) is 113 cm³/mol. The third-order valence-corrected chi connectivity index (χ3v) is 4.93. The fraction of sp³-hybridized carbons (Fsp3) is 0.0833. The van der Waals surface area contributed by atoms with E-state index in [1.54, 1.807) is 6.07 Å². The molecular weight excluding hydrogens is 364 g/mol. The van der Waals surface area contributed by atoms with Crippen molar-refractivity contribution in [2.45, 2.75) is 13.8 Å². The lowest BCUT2D eigenvalue weighted by atomic mass is 10.1. The Bertz CT molecular complexity index is 1340. The monoisotopic (exact) mass is 382 g/mol. The molecule has 0 unspecified atom stereocenters. The molecule has 142 valence electrons. The molecule has 0 aliphatic rings. The van der Waals surface area contributed by atoms with Crippen molar-refractivity contribution in [3.05, 3.63) is 83.6 Å². The maximum absolute atomic E-state index is 12.7. The lowest BCUT2D eigenvalue weighted by Crippen LogP contribution is -2.11. The number of aryl methyl sites for hydroxylation is 2. The van der Waals surface area contributed by atoms with Crippen molar-refractivity contribution in [1.29, 1.82) is 0 Å². The topological polar surface area (TPSA) is 68.3 Å². The maximum Gasteiger partial charge on any atom is 0.291 e. The number of hydrogen-bond donors (Lipinski definition) is 1. The van der Waals surface area contributed by atoms with Crippen LogP contribution in [0.4, 0.5) is 5.69 Å². The minimum Gasteiger partial charge on any atom is -0.451 e. The first-order chi connectivity index (χ1) is 14.1. The van der Waals surface area contributed by atoms with Gasteiger partial charge in [0.2, 0.25) is 5.89 Å². The van der Waals surface area contributed by atoms with Crippen LogP contribution in [0.25, 0.3) is 33.5 Å². The SMILES string of the molecule is Cc1ccc2nc(-c3ccc(C)c(NC(=O)c4cc5ccccc5o4)c3)oc2c1. The van der Waals surface area contributed by atoms with Gasteiger partial charge in [0.25, 0.3) is 5.91 Å². The minimum atomic E-state index is -0.297. The smallest absolute Gasteiger partial charge is 0.291 e. The van der Waals surface area contributed by atoms with Crippen molar-refractivity contribution in [2.24, 2.45) is 0 Å². The van der Waals surface area contributed by atoms with Gasteiger partial charge in [-0.3, -0.25) is 4.79 Å². The predicted octanol–water partition coefficient (Wildman–Crippen LogP) is 6.11. The lowest BCUT2D eigenvalue weighted by molar-refractivity contribution is 0.0998. The molecule has 0 saturated heterocycles. The summed E-state index contributed by atoms with van der Waals surface area (Å²) >= 11 is 0. The van der Waals surface area contributed by atoms with Crippen LogP contribution in [0.15, 0.2) is 75.6 Å². The van der Waals surface area contributed by atoms with E-state index in [0.29, 0.717) is 17.2 Å². The molecule has 5 nitrogen and oxygen atoms in total. The van der Waals surface area contributed by atoms with Crippen molar-refractivity contribution < 1.29 is 13.6 Å². The van der Waals surface area contributed by atoms with E-state index in [0.717, 1.165) is 33.2 Å². The number of benzene rings is 3. The summed E-state index contributed by atoms with van der Waals surface area (Å²) in [5.41, 5.74) is 5.76. The summed E-state index contributed by atoms with van der Waals surface area (Å²) in [6.45, 7) is 3.95. The minimum absolute atomic E-state index is 0.272. The molecule has 5 aromatic rings. The number of oxazole rings is 1. The summed E-state index contributed by atoms with van der Waals surface area (Å²) in [5.74, 6) is 0.493. The first kappa shape index (κ1) is 17.3. The Morgan fingerprint density at radius 1 is 0.897 bits per heavy atom. The van der Waals surface area contributed by atoms with Gasteiger partial charge in [-0.15, -0.1) is 0 Å². The highest BCUT2D eigenvalue weighted by atomic mass is 16.4. The third-order valence-electron chi connectivity index (χ3n) is 4.93. The molecule has 3 aromatic carbocycles. The van der Waals surface area contributed by atoms with Gasteiger partial charge in [0, 0.05) is 16.6 Å². The van der Waals surface area contributed by atoms with Crippen LogP contribution in [-0.2, 0) is 0 Å². The Morgan fingerprint density at radius 2 is 1.76 bits per heavy atom. The van der Waals surface area contributed by atoms with Gasteiger partial charge in [-0.2, -0.15) is 0 Å². The van der Waals surface area contributed by atoms with Crippen LogP contribution in [0.5, 0.6) is 0 Å². The number of amides is 1. The summed E-state index contributed by atoms with van der Waals surface area (Å²) in [6.07, 6.45) is 0. The average molecular weight is 382 g/mol. The molecule has 0 saturated carbocycles. The molecule has 0 aliphatic heterocycles. The van der Waals surface area contributed by atoms with Crippen LogP contribution < -0.4 is 5.32 Å². The van der Waals surface area contributed by atoms with Crippen LogP contribution in [0.1, 0.15) is 21.7 Å². The molecule has 2 heterocycles. The van der Waals surface area contributed by atoms with Gasteiger partial charge in [0.15, 0.2) is 11.3 Å². The number of aromatic nitrogens is 1. The Morgan fingerprint density at radius 3 is 2.62 bits per heavy atom. The molecule has 1 N–H and O–H groups in total. The number of para-hydroxylation sites is 1. The number of fused-ring (bicyclic) bond motifs is 2. The molecule has 5 rings (SSSR count). The van der Waals surface area contributed by atoms with Gasteiger partial charge in [0.05, 0.1) is 0 Å². The van der Waals surface area contributed by atoms with Gasteiger partial charge in [-0.25, -0.2) is 4.98 Å². The van der Waals surface area contributed by atoms with E-state index in [4.69, 9.17) is 8.83 Å². The number of hydrogen-bond acceptors (Lipinski definition) is 4. The molecule has 1 amide bonds. The second-order valence-electron chi connectivity index (χ2n) is 7.12. The Balaban J connectivity index is 1.47. The van der Waals surface area contributed by atoms with E-state index in [9.17, 15) is 4.79 Å². The molecule has 0 aliphatic carbocycles. The second kappa shape index (κ2) is 6.63. The van der Waals surface area contributed by atoms with E-state index in [1.807, 2.05) is 74.5 Å². The molecule has 0 fully saturated rings. The van der Waals surface area contributed by atoms with Crippen molar-refractivity contribution in [1.82, 2.24) is 4.98 Å². The Kier molecular flexibility index (Phi) is 3.95. The van der Waals surface area contributed by atoms with Crippen molar-refractivity contribution in [3.63, 3.8) is 0 Å². The van der Waals surface area contributed by atoms with Gasteiger partial charge in [-0.1, -0.05) is 30.3 Å². The van der Waals surface area contributed by atoms with Crippen molar-refractivity contribution >= 4 is 33.7 Å². The number of carbonyl (C=O) groups is 1. The molecule has 5 heteroatoms. The van der Waals surface area contributed by atoms with Crippen LogP contribution in [0.3, 0.4) is 0 Å². The summed E-state index contributed by atoms with van der Waals surface area (Å²) in [7, 11) is 0. The molecule has 2 aromatic heterocycles. The fourth-order valence-corrected chi connectivity index (χ4v) is 3.32. The van der Waals surface area contributed by atoms with Crippen LogP contribution >= 0.6 is 0 Å². The van der Waals surface area contributed by atoms with E-state index in [2.05, 4.69) is 10.3 Å². The van der Waals surface area contributed by atoms with E-state index in [-0.39, 0.29) is 11.7 Å². The Hall–Kier alpha value is -3.86. The molecule has 0 atom stereocenters. The number of furan rings is 1. The molecule has 29 heavy (non-hydrogen) atoms. The van der Waals surface area contributed by atoms with Gasteiger partial charge in [-0.05, 0) is 61.4 Å². The number of nitrogens with zero attached hydrogens (tertiary/aromatic N) is 1. The largest absolute Gasteiger partial charge is 0.451 e. The number of rotatable bonds is 3. The highest BCUT2D eigenvalue weighted by Crippen LogP contribution is 2.29. The van der Waals surface area contributed by atoms with E-state index < -0.39 is 0 Å². The first-order valence-electron chi connectivity index (χ1n) is 9.35. The molecule has 0 radical (unpaired) electrons. The summed E-state index contributed by atoms with van der Waals surface area (Å²) in [6, 6.07) is 20.9. The summed E-state index contributed by atoms with van der Waals surface area (Å²) in [5, 5.41) is 3.83. The average Bonchev–Trinajstić information content (AvgIpc) is 3.33. The molecule has 0 spiro atoms. The van der Waals surface area contributed by atoms with Crippen LogP contribution in [-0.4, -0.2) is 10.9 Å². The summed E-state index contributed by atoms with van der Waals surface area (Å²) < 4.78 is 11.6. The van der Waals surface area contributed by atoms with E-state index in [1.165, 1.54) is 0 Å². The zero-order valence-corrected chi connectivity index (χ0v) is 16.0. The van der Waals surface area contributed by atoms with Gasteiger partial charge < -0.3 is 14.2 Å². The highest BCUT2D eigenvalue weighted by Gasteiger charge is 2.15. The number of carbonyl (C=O) groups excluding carboxylic acids is 1. The lowest BCUT2D eigenvalue weighted by Gasteiger charge is -2.08. The first-order valence-corrected chi connectivity index (χ1v) is 9.35. The van der Waals surface area contributed by atoms with E-state index >= 15 is 0 Å². The standard InChI is InChI=1S/C24H18N2O3/c1-14-7-10-18-21(11-14)29-24(26-18)17-9-8-15(2)19(12-17)25-23(27)22-13-16-5-3-4-6-20(16)28-22/h3-13H,1-2H3,(H,25,27). The number of nitrogens with one attached hydrogen (secondary N) is 1. The highest BCUT2D eigenvalue weighted by molar-refractivity contribution is 6.05. The van der Waals surface area contributed by atoms with Gasteiger partial charge in [0.1, 0.15) is 11.1 Å². The number of anilines is 1. The second-order valence-corrected chi connectivity index (χ2v) is 7.12. The van der Waals surface area contributed by atoms with Crippen LogP contribution in [0.2, 0.25) is 0 Å². The third kappa shape index (κ3) is 3.17. The van der Waals surface area contributed by atoms with Crippen molar-refractivity contribution in [3.8, 4) is 11.5 Å². The zero-order chi connectivity index (χ0) is 20.0. The molecule has 0 bridgehead atoms.